The summed E-state index contributed by atoms with van der Waals surface area (Å²) in [7, 11) is 1.65. The second kappa shape index (κ2) is 7.75. The van der Waals surface area contributed by atoms with Crippen molar-refractivity contribution in [3.05, 3.63) is 6.20 Å². The Morgan fingerprint density at radius 1 is 1.38 bits per heavy atom. The Morgan fingerprint density at radius 2 is 2.24 bits per heavy atom. The fourth-order valence-electron chi connectivity index (χ4n) is 2.02. The van der Waals surface area contributed by atoms with Crippen molar-refractivity contribution in [3.63, 3.8) is 0 Å². The third-order valence-corrected chi connectivity index (χ3v) is 3.06. The maximum atomic E-state index is 9.27. The average molecular weight is 294 g/mol. The van der Waals surface area contributed by atoms with Gasteiger partial charge in [-0.25, -0.2) is 0 Å². The van der Waals surface area contributed by atoms with Gasteiger partial charge in [-0.1, -0.05) is 6.92 Å². The molecular weight excluding hydrogens is 272 g/mol. The van der Waals surface area contributed by atoms with Crippen molar-refractivity contribution in [2.24, 2.45) is 0 Å². The smallest absolute Gasteiger partial charge is 0.226 e. The molecule has 0 aromatic carbocycles. The molecule has 8 heteroatoms. The van der Waals surface area contributed by atoms with Crippen LogP contribution in [0.2, 0.25) is 0 Å². The summed E-state index contributed by atoms with van der Waals surface area (Å²) < 4.78 is 5.12. The van der Waals surface area contributed by atoms with Crippen molar-refractivity contribution in [1.82, 2.24) is 20.2 Å². The van der Waals surface area contributed by atoms with Crippen molar-refractivity contribution in [2.45, 2.75) is 13.3 Å². The van der Waals surface area contributed by atoms with Gasteiger partial charge in [-0.05, 0) is 6.42 Å². The van der Waals surface area contributed by atoms with Gasteiger partial charge in [-0.3, -0.25) is 5.10 Å². The third kappa shape index (κ3) is 3.79. The quantitative estimate of drug-likeness (QED) is 0.623. The molecule has 2 rings (SSSR count). The van der Waals surface area contributed by atoms with Gasteiger partial charge < -0.3 is 20.1 Å². The summed E-state index contributed by atoms with van der Waals surface area (Å²) in [5, 5.41) is 20.2. The molecule has 0 saturated heterocycles. The molecule has 21 heavy (non-hydrogen) atoms. The predicted molar refractivity (Wildman–Crippen MR) is 81.6 cm³/mol. The maximum Gasteiger partial charge on any atom is 0.226 e. The molecule has 0 fully saturated rings. The number of aliphatic hydroxyl groups is 1. The van der Waals surface area contributed by atoms with E-state index in [2.05, 4.69) is 32.4 Å². The highest BCUT2D eigenvalue weighted by molar-refractivity contribution is 5.87. The molecule has 0 amide bonds. The van der Waals surface area contributed by atoms with E-state index in [1.54, 1.807) is 13.3 Å². The van der Waals surface area contributed by atoms with Gasteiger partial charge in [0.05, 0.1) is 24.8 Å². The van der Waals surface area contributed by atoms with Crippen LogP contribution >= 0.6 is 0 Å². The number of hydrogen-bond acceptors (Lipinski definition) is 7. The molecule has 0 unspecified atom stereocenters. The van der Waals surface area contributed by atoms with E-state index in [1.807, 2.05) is 4.90 Å². The molecule has 0 radical (unpaired) electrons. The van der Waals surface area contributed by atoms with Gasteiger partial charge in [0.2, 0.25) is 5.95 Å². The first-order valence-corrected chi connectivity index (χ1v) is 7.09. The summed E-state index contributed by atoms with van der Waals surface area (Å²) in [6.07, 6.45) is 2.69. The lowest BCUT2D eigenvalue weighted by atomic mass is 10.3. The third-order valence-electron chi connectivity index (χ3n) is 3.06. The number of ether oxygens (including phenoxy) is 1. The van der Waals surface area contributed by atoms with Crippen LogP contribution in [0.25, 0.3) is 11.0 Å². The molecule has 0 bridgehead atoms. The fourth-order valence-corrected chi connectivity index (χ4v) is 2.02. The standard InChI is InChI=1S/C13H22N6O2/c1-3-4-14-13-16-11-10(9-15-18-11)12(17-13)19(5-7-20)6-8-21-2/h9,20H,3-8H2,1-2H3,(H2,14,15,16,17,18). The molecule has 2 aromatic rings. The number of aliphatic hydroxyl groups excluding tert-OH is 1. The molecule has 0 atom stereocenters. The first-order valence-electron chi connectivity index (χ1n) is 7.09. The van der Waals surface area contributed by atoms with Crippen LogP contribution in [0.5, 0.6) is 0 Å². The summed E-state index contributed by atoms with van der Waals surface area (Å²) in [4.78, 5) is 10.9. The average Bonchev–Trinajstić information content (AvgIpc) is 2.97. The van der Waals surface area contributed by atoms with Crippen LogP contribution < -0.4 is 10.2 Å². The lowest BCUT2D eigenvalue weighted by molar-refractivity contribution is 0.202. The Hall–Kier alpha value is -1.93. The summed E-state index contributed by atoms with van der Waals surface area (Å²) in [5.74, 6) is 1.31. The summed E-state index contributed by atoms with van der Waals surface area (Å²) in [6.45, 7) is 4.61. The number of aromatic amines is 1. The van der Waals surface area contributed by atoms with Gasteiger partial charge in [-0.2, -0.15) is 15.1 Å². The molecule has 3 N–H and O–H groups in total. The highest BCUT2D eigenvalue weighted by Crippen LogP contribution is 2.23. The zero-order chi connectivity index (χ0) is 15.1. The molecule has 8 nitrogen and oxygen atoms in total. The first kappa shape index (κ1) is 15.5. The lowest BCUT2D eigenvalue weighted by Crippen LogP contribution is -2.31. The van der Waals surface area contributed by atoms with Crippen molar-refractivity contribution in [3.8, 4) is 0 Å². The van der Waals surface area contributed by atoms with Gasteiger partial charge in [0, 0.05) is 26.7 Å². The molecule has 0 saturated carbocycles. The number of hydrogen-bond donors (Lipinski definition) is 3. The van der Waals surface area contributed by atoms with E-state index in [-0.39, 0.29) is 6.61 Å². The summed E-state index contributed by atoms with van der Waals surface area (Å²) in [6, 6.07) is 0. The molecule has 0 spiro atoms. The number of nitrogens with one attached hydrogen (secondary N) is 2. The Balaban J connectivity index is 2.35. The normalized spacial score (nSPS) is 11.0. The Bertz CT molecular complexity index is 559. The van der Waals surface area contributed by atoms with Crippen LogP contribution in [0.3, 0.4) is 0 Å². The topological polar surface area (TPSA) is 99.2 Å². The highest BCUT2D eigenvalue weighted by atomic mass is 16.5. The second-order valence-corrected chi connectivity index (χ2v) is 4.63. The van der Waals surface area contributed by atoms with E-state index in [9.17, 15) is 5.11 Å². The SMILES string of the molecule is CCCNc1nc(N(CCO)CCOC)c2cn[nH]c2n1. The Morgan fingerprint density at radius 3 is 2.95 bits per heavy atom. The molecule has 0 aliphatic rings. The number of methoxy groups -OCH3 is 1. The van der Waals surface area contributed by atoms with E-state index in [1.165, 1.54) is 0 Å². The first-order chi connectivity index (χ1) is 10.3. The second-order valence-electron chi connectivity index (χ2n) is 4.63. The number of fused-ring (bicyclic) bond motifs is 1. The molecule has 2 heterocycles. The van der Waals surface area contributed by atoms with Crippen LogP contribution in [0.15, 0.2) is 6.20 Å². The van der Waals surface area contributed by atoms with Gasteiger partial charge in [-0.15, -0.1) is 0 Å². The van der Waals surface area contributed by atoms with Crippen molar-refractivity contribution < 1.29 is 9.84 Å². The van der Waals surface area contributed by atoms with E-state index in [4.69, 9.17) is 4.74 Å². The molecule has 116 valence electrons. The van der Waals surface area contributed by atoms with Crippen LogP contribution in [-0.4, -0.2) is 65.2 Å². The molecule has 0 aliphatic heterocycles. The number of aromatic nitrogens is 4. The predicted octanol–water partition coefficient (Wildman–Crippen LogP) is 0.620. The van der Waals surface area contributed by atoms with Crippen molar-refractivity contribution in [2.75, 3.05) is 50.2 Å². The van der Waals surface area contributed by atoms with E-state index in [0.29, 0.717) is 31.3 Å². The van der Waals surface area contributed by atoms with Crippen molar-refractivity contribution >= 4 is 22.8 Å². The van der Waals surface area contributed by atoms with Gasteiger partial charge in [0.25, 0.3) is 0 Å². The van der Waals surface area contributed by atoms with E-state index >= 15 is 0 Å². The van der Waals surface area contributed by atoms with E-state index < -0.39 is 0 Å². The summed E-state index contributed by atoms with van der Waals surface area (Å²) >= 11 is 0. The van der Waals surface area contributed by atoms with Gasteiger partial charge in [0.1, 0.15) is 5.82 Å². The zero-order valence-electron chi connectivity index (χ0n) is 12.5. The molecule has 2 aromatic heterocycles. The van der Waals surface area contributed by atoms with Crippen molar-refractivity contribution in [1.29, 1.82) is 0 Å². The minimum absolute atomic E-state index is 0.0464. The number of rotatable bonds is 9. The van der Waals surface area contributed by atoms with E-state index in [0.717, 1.165) is 24.2 Å². The zero-order valence-corrected chi connectivity index (χ0v) is 12.5. The number of nitrogens with zero attached hydrogens (tertiary/aromatic N) is 4. The van der Waals surface area contributed by atoms with Gasteiger partial charge >= 0.3 is 0 Å². The van der Waals surface area contributed by atoms with Gasteiger partial charge in [0.15, 0.2) is 5.65 Å². The largest absolute Gasteiger partial charge is 0.395 e. The van der Waals surface area contributed by atoms with Crippen LogP contribution in [-0.2, 0) is 4.74 Å². The van der Waals surface area contributed by atoms with Crippen LogP contribution in [0.1, 0.15) is 13.3 Å². The molecule has 0 aliphatic carbocycles. The Labute approximate surface area is 123 Å². The molecular formula is C13H22N6O2. The highest BCUT2D eigenvalue weighted by Gasteiger charge is 2.15. The maximum absolute atomic E-state index is 9.27. The monoisotopic (exact) mass is 294 g/mol. The van der Waals surface area contributed by atoms with Crippen LogP contribution in [0.4, 0.5) is 11.8 Å². The number of anilines is 2. The number of H-pyrrole nitrogens is 1. The lowest BCUT2D eigenvalue weighted by Gasteiger charge is -2.23. The fraction of sp³-hybridized carbons (Fsp3) is 0.615. The summed E-state index contributed by atoms with van der Waals surface area (Å²) in [5.41, 5.74) is 0.680. The minimum atomic E-state index is 0.0464. The minimum Gasteiger partial charge on any atom is -0.395 e. The Kier molecular flexibility index (Phi) is 5.70. The van der Waals surface area contributed by atoms with Crippen LogP contribution in [0, 0.1) is 0 Å².